The third kappa shape index (κ3) is 2.75. The largest absolute Gasteiger partial charge is 0.355 e. The van der Waals surface area contributed by atoms with Crippen molar-refractivity contribution in [2.45, 2.75) is 19.3 Å². The summed E-state index contributed by atoms with van der Waals surface area (Å²) in [6.45, 7) is 6.37. The molecular weight excluding hydrogens is 248 g/mol. The number of amidine groups is 1. The predicted molar refractivity (Wildman–Crippen MR) is 83.4 cm³/mol. The predicted octanol–water partition coefficient (Wildman–Crippen LogP) is 2.20. The minimum atomic E-state index is 0.358. The van der Waals surface area contributed by atoms with Crippen molar-refractivity contribution in [1.29, 1.82) is 0 Å². The molecule has 4 heteroatoms. The van der Waals surface area contributed by atoms with E-state index < -0.39 is 0 Å². The van der Waals surface area contributed by atoms with E-state index in [4.69, 9.17) is 0 Å². The minimum Gasteiger partial charge on any atom is -0.355 e. The maximum absolute atomic E-state index is 4.53. The number of hydrogen-bond donors (Lipinski definition) is 0. The Morgan fingerprint density at radius 3 is 2.40 bits per heavy atom. The fraction of sp³-hybridized carbons (Fsp3) is 0.500. The summed E-state index contributed by atoms with van der Waals surface area (Å²) >= 11 is 0. The first-order valence-corrected chi connectivity index (χ1v) is 7.33. The Balaban J connectivity index is 1.85. The van der Waals surface area contributed by atoms with Gasteiger partial charge in [0.15, 0.2) is 0 Å². The zero-order valence-corrected chi connectivity index (χ0v) is 12.3. The van der Waals surface area contributed by atoms with Gasteiger partial charge in [0.05, 0.1) is 0 Å². The molecule has 1 unspecified atom stereocenters. The SMILES string of the molecule is CC1=NN=C(N2CCN(C)CC2)C(c2ccccc2)C1. The Labute approximate surface area is 120 Å². The van der Waals surface area contributed by atoms with Crippen LogP contribution in [0.4, 0.5) is 0 Å². The van der Waals surface area contributed by atoms with Crippen molar-refractivity contribution >= 4 is 11.5 Å². The van der Waals surface area contributed by atoms with Crippen molar-refractivity contribution in [2.24, 2.45) is 10.2 Å². The molecule has 0 radical (unpaired) electrons. The Bertz CT molecular complexity index is 513. The monoisotopic (exact) mass is 270 g/mol. The van der Waals surface area contributed by atoms with E-state index in [2.05, 4.69) is 64.3 Å². The second-order valence-electron chi connectivity index (χ2n) is 5.75. The molecule has 1 atom stereocenters. The van der Waals surface area contributed by atoms with Crippen LogP contribution in [0.3, 0.4) is 0 Å². The first-order chi connectivity index (χ1) is 9.74. The molecule has 2 aliphatic rings. The summed E-state index contributed by atoms with van der Waals surface area (Å²) in [6.07, 6.45) is 0.981. The summed E-state index contributed by atoms with van der Waals surface area (Å²) in [5.41, 5.74) is 2.47. The van der Waals surface area contributed by atoms with Gasteiger partial charge in [0.2, 0.25) is 0 Å². The van der Waals surface area contributed by atoms with Crippen LogP contribution in [0, 0.1) is 0 Å². The normalized spacial score (nSPS) is 24.3. The zero-order chi connectivity index (χ0) is 13.9. The number of nitrogens with zero attached hydrogens (tertiary/aromatic N) is 4. The highest BCUT2D eigenvalue weighted by Crippen LogP contribution is 2.27. The van der Waals surface area contributed by atoms with E-state index in [1.54, 1.807) is 0 Å². The average Bonchev–Trinajstić information content (AvgIpc) is 2.49. The lowest BCUT2D eigenvalue weighted by molar-refractivity contribution is 0.211. The second-order valence-corrected chi connectivity index (χ2v) is 5.75. The molecule has 1 fully saturated rings. The Kier molecular flexibility index (Phi) is 3.83. The maximum Gasteiger partial charge on any atom is 0.135 e. The third-order valence-electron chi connectivity index (χ3n) is 4.16. The highest BCUT2D eigenvalue weighted by Gasteiger charge is 2.28. The van der Waals surface area contributed by atoms with E-state index in [-0.39, 0.29) is 0 Å². The fourth-order valence-corrected chi connectivity index (χ4v) is 2.91. The van der Waals surface area contributed by atoms with Crippen molar-refractivity contribution in [2.75, 3.05) is 33.2 Å². The van der Waals surface area contributed by atoms with E-state index in [9.17, 15) is 0 Å². The van der Waals surface area contributed by atoms with Gasteiger partial charge in [0.1, 0.15) is 5.84 Å². The summed E-state index contributed by atoms with van der Waals surface area (Å²) in [5.74, 6) is 1.51. The molecule has 1 saturated heterocycles. The lowest BCUT2D eigenvalue weighted by Crippen LogP contribution is -2.49. The van der Waals surface area contributed by atoms with Crippen molar-refractivity contribution in [3.8, 4) is 0 Å². The van der Waals surface area contributed by atoms with Crippen LogP contribution in [0.1, 0.15) is 24.8 Å². The fourth-order valence-electron chi connectivity index (χ4n) is 2.91. The summed E-state index contributed by atoms with van der Waals surface area (Å²) in [7, 11) is 2.18. The van der Waals surface area contributed by atoms with E-state index in [1.807, 2.05) is 0 Å². The molecule has 0 bridgehead atoms. The summed E-state index contributed by atoms with van der Waals surface area (Å²) < 4.78 is 0. The van der Waals surface area contributed by atoms with Gasteiger partial charge >= 0.3 is 0 Å². The molecule has 0 aliphatic carbocycles. The first kappa shape index (κ1) is 13.3. The molecule has 1 aromatic rings. The van der Waals surface area contributed by atoms with Gasteiger partial charge in [0.25, 0.3) is 0 Å². The molecule has 0 spiro atoms. The molecule has 106 valence electrons. The molecule has 1 aromatic carbocycles. The molecule has 0 N–H and O–H groups in total. The van der Waals surface area contributed by atoms with Crippen LogP contribution >= 0.6 is 0 Å². The molecule has 2 heterocycles. The molecule has 0 aromatic heterocycles. The molecule has 2 aliphatic heterocycles. The number of benzene rings is 1. The van der Waals surface area contributed by atoms with Crippen LogP contribution in [0.25, 0.3) is 0 Å². The average molecular weight is 270 g/mol. The van der Waals surface area contributed by atoms with Crippen LogP contribution in [-0.2, 0) is 0 Å². The van der Waals surface area contributed by atoms with Gasteiger partial charge in [0, 0.05) is 44.2 Å². The van der Waals surface area contributed by atoms with Crippen molar-refractivity contribution in [1.82, 2.24) is 9.80 Å². The van der Waals surface area contributed by atoms with E-state index in [1.165, 1.54) is 5.56 Å². The Morgan fingerprint density at radius 1 is 1.00 bits per heavy atom. The Morgan fingerprint density at radius 2 is 1.70 bits per heavy atom. The second kappa shape index (κ2) is 5.75. The van der Waals surface area contributed by atoms with Gasteiger partial charge in [-0.3, -0.25) is 0 Å². The molecule has 3 rings (SSSR count). The molecule has 0 saturated carbocycles. The van der Waals surface area contributed by atoms with E-state index >= 15 is 0 Å². The molecule has 4 nitrogen and oxygen atoms in total. The first-order valence-electron chi connectivity index (χ1n) is 7.33. The highest BCUT2D eigenvalue weighted by atomic mass is 15.3. The topological polar surface area (TPSA) is 31.2 Å². The van der Waals surface area contributed by atoms with E-state index in [0.29, 0.717) is 5.92 Å². The summed E-state index contributed by atoms with van der Waals surface area (Å²) in [5, 5.41) is 8.86. The van der Waals surface area contributed by atoms with Gasteiger partial charge in [-0.05, 0) is 19.5 Å². The highest BCUT2D eigenvalue weighted by molar-refractivity contribution is 5.97. The standard InChI is InChI=1S/C16H22N4/c1-13-12-15(14-6-4-3-5-7-14)16(18-17-13)20-10-8-19(2)9-11-20/h3-7,15H,8-12H2,1-2H3. The number of rotatable bonds is 1. The smallest absolute Gasteiger partial charge is 0.135 e. The number of likely N-dealkylation sites (N-methyl/N-ethyl adjacent to an activating group) is 1. The lowest BCUT2D eigenvalue weighted by Gasteiger charge is -2.37. The Hall–Kier alpha value is -1.68. The van der Waals surface area contributed by atoms with Crippen LogP contribution in [0.2, 0.25) is 0 Å². The number of hydrogen-bond acceptors (Lipinski definition) is 4. The van der Waals surface area contributed by atoms with Crippen LogP contribution in [-0.4, -0.2) is 54.6 Å². The number of piperazine rings is 1. The summed E-state index contributed by atoms with van der Waals surface area (Å²) in [6, 6.07) is 10.7. The quantitative estimate of drug-likeness (QED) is 0.783. The van der Waals surface area contributed by atoms with Crippen LogP contribution in [0.15, 0.2) is 40.5 Å². The van der Waals surface area contributed by atoms with Gasteiger partial charge in [-0.25, -0.2) is 0 Å². The van der Waals surface area contributed by atoms with Crippen molar-refractivity contribution in [3.63, 3.8) is 0 Å². The molecule has 0 amide bonds. The van der Waals surface area contributed by atoms with E-state index in [0.717, 1.165) is 44.1 Å². The van der Waals surface area contributed by atoms with Gasteiger partial charge < -0.3 is 9.80 Å². The van der Waals surface area contributed by atoms with Crippen LogP contribution in [0.5, 0.6) is 0 Å². The zero-order valence-electron chi connectivity index (χ0n) is 12.3. The summed E-state index contributed by atoms with van der Waals surface area (Å²) in [4.78, 5) is 4.78. The van der Waals surface area contributed by atoms with Gasteiger partial charge in [-0.2, -0.15) is 5.10 Å². The lowest BCUT2D eigenvalue weighted by atomic mass is 9.91. The van der Waals surface area contributed by atoms with Gasteiger partial charge in [-0.15, -0.1) is 5.10 Å². The van der Waals surface area contributed by atoms with Crippen LogP contribution < -0.4 is 0 Å². The minimum absolute atomic E-state index is 0.358. The maximum atomic E-state index is 4.53. The van der Waals surface area contributed by atoms with Crippen molar-refractivity contribution < 1.29 is 0 Å². The van der Waals surface area contributed by atoms with Crippen molar-refractivity contribution in [3.05, 3.63) is 35.9 Å². The molecule has 20 heavy (non-hydrogen) atoms. The van der Waals surface area contributed by atoms with Gasteiger partial charge in [-0.1, -0.05) is 30.3 Å². The molecular formula is C16H22N4. The third-order valence-corrected chi connectivity index (χ3v) is 4.16.